The average Bonchev–Trinajstić information content (AvgIpc) is 2.46. The maximum atomic E-state index is 8.72. The van der Waals surface area contributed by atoms with Gasteiger partial charge in [-0.05, 0) is 36.4 Å². The summed E-state index contributed by atoms with van der Waals surface area (Å²) in [4.78, 5) is 1.28. The first kappa shape index (κ1) is 16.1. The summed E-state index contributed by atoms with van der Waals surface area (Å²) in [5.74, 6) is 1.20. The molecular weight excluding hydrogens is 250 g/mol. The quantitative estimate of drug-likeness (QED) is 0.398. The van der Waals surface area contributed by atoms with Crippen molar-refractivity contribution in [1.82, 2.24) is 0 Å². The molecule has 0 fully saturated rings. The lowest BCUT2D eigenvalue weighted by Crippen LogP contribution is -1.83. The molecule has 19 heavy (non-hydrogen) atoms. The van der Waals surface area contributed by atoms with Crippen molar-refractivity contribution in [2.45, 2.75) is 63.2 Å². The van der Waals surface area contributed by atoms with Crippen LogP contribution < -0.4 is 0 Å². The van der Waals surface area contributed by atoms with Crippen molar-refractivity contribution in [2.75, 3.05) is 5.75 Å². The molecule has 0 amide bonds. The van der Waals surface area contributed by atoms with Gasteiger partial charge >= 0.3 is 0 Å². The fourth-order valence-electron chi connectivity index (χ4n) is 2.05. The molecule has 0 aliphatic heterocycles. The molecule has 0 bridgehead atoms. The van der Waals surface area contributed by atoms with Gasteiger partial charge in [-0.3, -0.25) is 0 Å². The van der Waals surface area contributed by atoms with Crippen LogP contribution in [0.2, 0.25) is 0 Å². The first-order chi connectivity index (χ1) is 9.36. The van der Waals surface area contributed by atoms with Gasteiger partial charge in [-0.15, -0.1) is 11.8 Å². The summed E-state index contributed by atoms with van der Waals surface area (Å²) in [5.41, 5.74) is 0.747. The zero-order chi connectivity index (χ0) is 13.8. The molecule has 0 spiro atoms. The number of thioether (sulfide) groups is 1. The second-order valence-electron chi connectivity index (χ2n) is 4.96. The Morgan fingerprint density at radius 1 is 0.895 bits per heavy atom. The highest BCUT2D eigenvalue weighted by Crippen LogP contribution is 2.20. The molecule has 2 heteroatoms. The maximum absolute atomic E-state index is 8.72. The minimum absolute atomic E-state index is 0.747. The summed E-state index contributed by atoms with van der Waals surface area (Å²) >= 11 is 1.90. The maximum Gasteiger partial charge on any atom is 0.0991 e. The Morgan fingerprint density at radius 2 is 1.47 bits per heavy atom. The normalized spacial score (nSPS) is 10.3. The van der Waals surface area contributed by atoms with Crippen LogP contribution in [0.3, 0.4) is 0 Å². The molecule has 1 aromatic carbocycles. The molecule has 0 saturated carbocycles. The fraction of sp³-hybridized carbons (Fsp3) is 0.588. The molecule has 0 aliphatic rings. The summed E-state index contributed by atoms with van der Waals surface area (Å²) in [6.45, 7) is 2.26. The number of benzene rings is 1. The first-order valence-corrected chi connectivity index (χ1v) is 8.48. The zero-order valence-corrected chi connectivity index (χ0v) is 12.8. The van der Waals surface area contributed by atoms with Crippen LogP contribution in [0, 0.1) is 11.3 Å². The van der Waals surface area contributed by atoms with Gasteiger partial charge in [-0.1, -0.05) is 51.9 Å². The van der Waals surface area contributed by atoms with Gasteiger partial charge in [-0.2, -0.15) is 5.26 Å². The van der Waals surface area contributed by atoms with Crippen LogP contribution in [-0.2, 0) is 0 Å². The smallest absolute Gasteiger partial charge is 0.0991 e. The summed E-state index contributed by atoms with van der Waals surface area (Å²) in [6, 6.07) is 10.0. The van der Waals surface area contributed by atoms with E-state index in [-0.39, 0.29) is 0 Å². The van der Waals surface area contributed by atoms with E-state index in [0.717, 1.165) is 5.56 Å². The Balaban J connectivity index is 1.97. The molecule has 104 valence electrons. The molecule has 0 heterocycles. The van der Waals surface area contributed by atoms with Gasteiger partial charge in [0.2, 0.25) is 0 Å². The monoisotopic (exact) mass is 275 g/mol. The van der Waals surface area contributed by atoms with Crippen molar-refractivity contribution in [3.63, 3.8) is 0 Å². The van der Waals surface area contributed by atoms with E-state index < -0.39 is 0 Å². The molecular formula is C17H25NS. The number of nitriles is 1. The van der Waals surface area contributed by atoms with Crippen molar-refractivity contribution < 1.29 is 0 Å². The number of rotatable bonds is 10. The number of unbranched alkanes of at least 4 members (excludes halogenated alkanes) is 7. The lowest BCUT2D eigenvalue weighted by Gasteiger charge is -2.02. The number of nitrogens with zero attached hydrogens (tertiary/aromatic N) is 1. The standard InChI is InChI=1S/C17H25NS/c1-2-3-4-5-6-7-8-9-14-19-17-12-10-16(15-18)11-13-17/h10-13H,2-9,14H2,1H3. The van der Waals surface area contributed by atoms with Crippen molar-refractivity contribution in [2.24, 2.45) is 0 Å². The minimum atomic E-state index is 0.747. The summed E-state index contributed by atoms with van der Waals surface area (Å²) in [5, 5.41) is 8.72. The average molecular weight is 275 g/mol. The largest absolute Gasteiger partial charge is 0.192 e. The Hall–Kier alpha value is -0.940. The van der Waals surface area contributed by atoms with Gasteiger partial charge in [0.15, 0.2) is 0 Å². The van der Waals surface area contributed by atoms with E-state index in [4.69, 9.17) is 5.26 Å². The fourth-order valence-corrected chi connectivity index (χ4v) is 2.96. The van der Waals surface area contributed by atoms with Gasteiger partial charge in [0.1, 0.15) is 0 Å². The summed E-state index contributed by atoms with van der Waals surface area (Å²) < 4.78 is 0. The lowest BCUT2D eigenvalue weighted by molar-refractivity contribution is 0.586. The van der Waals surface area contributed by atoms with Crippen LogP contribution in [-0.4, -0.2) is 5.75 Å². The van der Waals surface area contributed by atoms with E-state index in [2.05, 4.69) is 13.0 Å². The van der Waals surface area contributed by atoms with Crippen LogP contribution in [0.5, 0.6) is 0 Å². The third-order valence-electron chi connectivity index (χ3n) is 3.25. The van der Waals surface area contributed by atoms with Crippen molar-refractivity contribution >= 4 is 11.8 Å². The van der Waals surface area contributed by atoms with E-state index in [0.29, 0.717) is 0 Å². The zero-order valence-electron chi connectivity index (χ0n) is 12.0. The highest BCUT2D eigenvalue weighted by atomic mass is 32.2. The Kier molecular flexibility index (Phi) is 9.27. The Morgan fingerprint density at radius 3 is 2.05 bits per heavy atom. The second kappa shape index (κ2) is 10.9. The van der Waals surface area contributed by atoms with E-state index in [9.17, 15) is 0 Å². The third kappa shape index (κ3) is 7.95. The number of hydrogen-bond acceptors (Lipinski definition) is 2. The summed E-state index contributed by atoms with van der Waals surface area (Å²) in [7, 11) is 0. The topological polar surface area (TPSA) is 23.8 Å². The second-order valence-corrected chi connectivity index (χ2v) is 6.13. The highest BCUT2D eigenvalue weighted by molar-refractivity contribution is 7.99. The molecule has 0 atom stereocenters. The summed E-state index contributed by atoms with van der Waals surface area (Å²) in [6.07, 6.45) is 11.0. The molecule has 1 rings (SSSR count). The van der Waals surface area contributed by atoms with Crippen LogP contribution in [0.4, 0.5) is 0 Å². The van der Waals surface area contributed by atoms with Gasteiger partial charge < -0.3 is 0 Å². The van der Waals surface area contributed by atoms with Gasteiger partial charge in [-0.25, -0.2) is 0 Å². The molecule has 0 radical (unpaired) electrons. The Bertz CT molecular complexity index is 364. The van der Waals surface area contributed by atoms with Gasteiger partial charge in [0.05, 0.1) is 11.6 Å². The van der Waals surface area contributed by atoms with E-state index >= 15 is 0 Å². The molecule has 0 saturated heterocycles. The van der Waals surface area contributed by atoms with E-state index in [1.54, 1.807) is 0 Å². The highest BCUT2D eigenvalue weighted by Gasteiger charge is 1.96. The van der Waals surface area contributed by atoms with Crippen LogP contribution in [0.25, 0.3) is 0 Å². The molecule has 0 aromatic heterocycles. The van der Waals surface area contributed by atoms with Crippen LogP contribution >= 0.6 is 11.8 Å². The number of hydrogen-bond donors (Lipinski definition) is 0. The van der Waals surface area contributed by atoms with E-state index in [1.165, 1.54) is 62.0 Å². The van der Waals surface area contributed by atoms with Crippen molar-refractivity contribution in [1.29, 1.82) is 5.26 Å². The van der Waals surface area contributed by atoms with Crippen molar-refractivity contribution in [3.05, 3.63) is 29.8 Å². The predicted molar refractivity (Wildman–Crippen MR) is 84.5 cm³/mol. The molecule has 0 N–H and O–H groups in total. The SMILES string of the molecule is CCCCCCCCCCSc1ccc(C#N)cc1. The Labute approximate surface area is 122 Å². The van der Waals surface area contributed by atoms with Gasteiger partial charge in [0.25, 0.3) is 0 Å². The lowest BCUT2D eigenvalue weighted by atomic mass is 10.1. The first-order valence-electron chi connectivity index (χ1n) is 7.49. The van der Waals surface area contributed by atoms with Crippen LogP contribution in [0.1, 0.15) is 63.9 Å². The van der Waals surface area contributed by atoms with E-state index in [1.807, 2.05) is 36.0 Å². The van der Waals surface area contributed by atoms with Gasteiger partial charge in [0, 0.05) is 4.90 Å². The molecule has 1 nitrogen and oxygen atoms in total. The molecule has 1 aromatic rings. The molecule has 0 aliphatic carbocycles. The minimum Gasteiger partial charge on any atom is -0.192 e. The van der Waals surface area contributed by atoms with Crippen molar-refractivity contribution in [3.8, 4) is 6.07 Å². The third-order valence-corrected chi connectivity index (χ3v) is 4.35. The molecule has 0 unspecified atom stereocenters. The van der Waals surface area contributed by atoms with Crippen LogP contribution in [0.15, 0.2) is 29.2 Å². The predicted octanol–water partition coefficient (Wildman–Crippen LogP) is 5.79.